The highest BCUT2D eigenvalue weighted by atomic mass is 32.1. The predicted molar refractivity (Wildman–Crippen MR) is 78.5 cm³/mol. The Morgan fingerprint density at radius 2 is 2.05 bits per heavy atom. The van der Waals surface area contributed by atoms with Crippen LogP contribution in [0.5, 0.6) is 5.75 Å². The van der Waals surface area contributed by atoms with Gasteiger partial charge in [-0.15, -0.1) is 0 Å². The van der Waals surface area contributed by atoms with Crippen LogP contribution in [0.15, 0.2) is 24.3 Å². The molecule has 0 aromatic heterocycles. The van der Waals surface area contributed by atoms with Gasteiger partial charge in [0.1, 0.15) is 12.4 Å². The molecule has 2 N–H and O–H groups in total. The molecule has 0 heterocycles. The number of carbonyl (C=O) groups is 1. The summed E-state index contributed by atoms with van der Waals surface area (Å²) in [5.41, 5.74) is 0.706. The van der Waals surface area contributed by atoms with E-state index >= 15 is 0 Å². The van der Waals surface area contributed by atoms with Crippen LogP contribution in [0.3, 0.4) is 0 Å². The Bertz CT molecular complexity index is 438. The van der Waals surface area contributed by atoms with Crippen molar-refractivity contribution in [1.82, 2.24) is 5.32 Å². The van der Waals surface area contributed by atoms with Crippen molar-refractivity contribution in [3.63, 3.8) is 0 Å². The highest BCUT2D eigenvalue weighted by Crippen LogP contribution is 2.23. The van der Waals surface area contributed by atoms with Crippen molar-refractivity contribution in [3.05, 3.63) is 24.3 Å². The maximum absolute atomic E-state index is 10.9. The van der Waals surface area contributed by atoms with Crippen molar-refractivity contribution in [2.75, 3.05) is 25.1 Å². The van der Waals surface area contributed by atoms with Gasteiger partial charge in [-0.2, -0.15) is 0 Å². The van der Waals surface area contributed by atoms with Crippen LogP contribution in [0.2, 0.25) is 0 Å². The second kappa shape index (κ2) is 8.44. The molecular weight excluding hydrogens is 264 g/mol. The zero-order chi connectivity index (χ0) is 14.1. The largest absolute Gasteiger partial charge is 0.489 e. The minimum absolute atomic E-state index is 0.216. The summed E-state index contributed by atoms with van der Waals surface area (Å²) < 4.78 is 10.8. The molecule has 0 aliphatic heterocycles. The Morgan fingerprint density at radius 3 is 2.74 bits per heavy atom. The summed E-state index contributed by atoms with van der Waals surface area (Å²) >= 11 is 5.00. The highest BCUT2D eigenvalue weighted by Gasteiger charge is 2.05. The zero-order valence-corrected chi connectivity index (χ0v) is 11.9. The first-order chi connectivity index (χ1) is 9.13. The number of benzene rings is 1. The first-order valence-electron chi connectivity index (χ1n) is 6.01. The first kappa shape index (κ1) is 15.4. The van der Waals surface area contributed by atoms with Crippen LogP contribution in [0.4, 0.5) is 5.69 Å². The Labute approximate surface area is 118 Å². The number of hydrogen-bond acceptors (Lipinski definition) is 4. The number of carbonyl (C=O) groups excluding carboxylic acids is 1. The van der Waals surface area contributed by atoms with Crippen LogP contribution in [0, 0.1) is 0 Å². The molecule has 0 bridgehead atoms. The summed E-state index contributed by atoms with van der Waals surface area (Å²) in [4.78, 5) is 10.9. The minimum atomic E-state index is -0.216. The highest BCUT2D eigenvalue weighted by molar-refractivity contribution is 7.80. The molecule has 1 rings (SSSR count). The Morgan fingerprint density at radius 1 is 1.32 bits per heavy atom. The molecule has 1 aromatic carbocycles. The molecule has 104 valence electrons. The van der Waals surface area contributed by atoms with Gasteiger partial charge >= 0.3 is 0 Å². The van der Waals surface area contributed by atoms with Crippen molar-refractivity contribution in [1.29, 1.82) is 0 Å². The topological polar surface area (TPSA) is 59.6 Å². The molecule has 0 radical (unpaired) electrons. The van der Waals surface area contributed by atoms with Gasteiger partial charge in [-0.25, -0.2) is 0 Å². The van der Waals surface area contributed by atoms with Crippen molar-refractivity contribution < 1.29 is 14.3 Å². The third-order valence-electron chi connectivity index (χ3n) is 2.11. The van der Waals surface area contributed by atoms with Crippen molar-refractivity contribution >= 4 is 28.9 Å². The molecule has 6 heteroatoms. The van der Waals surface area contributed by atoms with Gasteiger partial charge in [0.15, 0.2) is 5.11 Å². The van der Waals surface area contributed by atoms with E-state index in [2.05, 4.69) is 10.6 Å². The zero-order valence-electron chi connectivity index (χ0n) is 11.1. The van der Waals surface area contributed by atoms with E-state index in [4.69, 9.17) is 21.7 Å². The van der Waals surface area contributed by atoms with E-state index in [0.29, 0.717) is 31.3 Å². The summed E-state index contributed by atoms with van der Waals surface area (Å²) in [6.45, 7) is 4.98. The summed E-state index contributed by atoms with van der Waals surface area (Å²) in [5.74, 6) is 0.446. The molecule has 1 amide bonds. The SMILES string of the molecule is CCOCCOc1ccccc1NC(=S)NC(C)=O. The molecule has 0 aliphatic carbocycles. The first-order valence-corrected chi connectivity index (χ1v) is 6.42. The smallest absolute Gasteiger partial charge is 0.222 e. The lowest BCUT2D eigenvalue weighted by atomic mass is 10.3. The number of nitrogens with one attached hydrogen (secondary N) is 2. The molecule has 0 atom stereocenters. The van der Waals surface area contributed by atoms with E-state index in [9.17, 15) is 4.79 Å². The molecule has 19 heavy (non-hydrogen) atoms. The Balaban J connectivity index is 2.57. The normalized spacial score (nSPS) is 9.79. The Hall–Kier alpha value is -1.66. The molecule has 0 fully saturated rings. The fourth-order valence-electron chi connectivity index (χ4n) is 1.36. The van der Waals surface area contributed by atoms with Crippen LogP contribution in [-0.2, 0) is 9.53 Å². The third-order valence-corrected chi connectivity index (χ3v) is 2.32. The van der Waals surface area contributed by atoms with Crippen LogP contribution >= 0.6 is 12.2 Å². The van der Waals surface area contributed by atoms with E-state index in [-0.39, 0.29) is 11.0 Å². The number of anilines is 1. The average molecular weight is 282 g/mol. The molecule has 0 saturated heterocycles. The lowest BCUT2D eigenvalue weighted by Crippen LogP contribution is -2.32. The van der Waals surface area contributed by atoms with Gasteiger partial charge in [-0.1, -0.05) is 12.1 Å². The van der Waals surface area contributed by atoms with Crippen molar-refractivity contribution in [2.45, 2.75) is 13.8 Å². The van der Waals surface area contributed by atoms with Gasteiger partial charge in [-0.3, -0.25) is 4.79 Å². The van der Waals surface area contributed by atoms with E-state index < -0.39 is 0 Å². The maximum atomic E-state index is 10.9. The lowest BCUT2D eigenvalue weighted by Gasteiger charge is -2.13. The molecule has 1 aromatic rings. The van der Waals surface area contributed by atoms with E-state index in [1.54, 1.807) is 0 Å². The number of amides is 1. The molecule has 0 aliphatic rings. The number of ether oxygens (including phenoxy) is 2. The predicted octanol–water partition coefficient (Wildman–Crippen LogP) is 1.93. The summed E-state index contributed by atoms with van der Waals surface area (Å²) in [5, 5.41) is 5.66. The van der Waals surface area contributed by atoms with E-state index in [1.807, 2.05) is 31.2 Å². The van der Waals surface area contributed by atoms with Gasteiger partial charge in [0.25, 0.3) is 0 Å². The average Bonchev–Trinajstić information content (AvgIpc) is 2.35. The number of para-hydroxylation sites is 2. The molecule has 0 unspecified atom stereocenters. The molecule has 0 spiro atoms. The number of thiocarbonyl (C=S) groups is 1. The van der Waals surface area contributed by atoms with E-state index in [0.717, 1.165) is 0 Å². The van der Waals surface area contributed by atoms with Gasteiger partial charge in [0.2, 0.25) is 5.91 Å². The monoisotopic (exact) mass is 282 g/mol. The summed E-state index contributed by atoms with van der Waals surface area (Å²) in [7, 11) is 0. The number of hydrogen-bond donors (Lipinski definition) is 2. The fourth-order valence-corrected chi connectivity index (χ4v) is 1.62. The quantitative estimate of drug-likeness (QED) is 0.617. The Kier molecular flexibility index (Phi) is 6.84. The summed E-state index contributed by atoms with van der Waals surface area (Å²) in [6, 6.07) is 7.37. The van der Waals surface area contributed by atoms with Gasteiger partial charge < -0.3 is 20.1 Å². The van der Waals surface area contributed by atoms with Crippen LogP contribution in [-0.4, -0.2) is 30.8 Å². The van der Waals surface area contributed by atoms with Crippen LogP contribution < -0.4 is 15.4 Å². The van der Waals surface area contributed by atoms with Crippen molar-refractivity contribution in [3.8, 4) is 5.75 Å². The lowest BCUT2D eigenvalue weighted by molar-refractivity contribution is -0.117. The van der Waals surface area contributed by atoms with Gasteiger partial charge in [-0.05, 0) is 31.3 Å². The fraction of sp³-hybridized carbons (Fsp3) is 0.385. The third kappa shape index (κ3) is 6.17. The molecule has 0 saturated carbocycles. The van der Waals surface area contributed by atoms with Gasteiger partial charge in [0, 0.05) is 13.5 Å². The van der Waals surface area contributed by atoms with E-state index in [1.165, 1.54) is 6.92 Å². The number of rotatable bonds is 6. The second-order valence-electron chi connectivity index (χ2n) is 3.68. The summed E-state index contributed by atoms with van der Waals surface area (Å²) in [6.07, 6.45) is 0. The van der Waals surface area contributed by atoms with Crippen LogP contribution in [0.1, 0.15) is 13.8 Å². The van der Waals surface area contributed by atoms with Crippen molar-refractivity contribution in [2.24, 2.45) is 0 Å². The maximum Gasteiger partial charge on any atom is 0.222 e. The van der Waals surface area contributed by atoms with Gasteiger partial charge in [0.05, 0.1) is 12.3 Å². The standard InChI is InChI=1S/C13H18N2O3S/c1-3-17-8-9-18-12-7-5-4-6-11(12)15-13(19)14-10(2)16/h4-7H,3,8-9H2,1-2H3,(H2,14,15,16,19). The van der Waals surface area contributed by atoms with Crippen LogP contribution in [0.25, 0.3) is 0 Å². The second-order valence-corrected chi connectivity index (χ2v) is 4.09. The minimum Gasteiger partial charge on any atom is -0.489 e. The molecule has 5 nitrogen and oxygen atoms in total. The molecular formula is C13H18N2O3S.